The van der Waals surface area contributed by atoms with Crippen LogP contribution < -0.4 is 10.6 Å². The van der Waals surface area contributed by atoms with Gasteiger partial charge in [0, 0.05) is 12.7 Å². The molecular weight excluding hydrogens is 328 g/mol. The Bertz CT molecular complexity index is 538. The molecule has 2 aromatic heterocycles. The molecule has 0 bridgehead atoms. The van der Waals surface area contributed by atoms with Gasteiger partial charge >= 0.3 is 0 Å². The van der Waals surface area contributed by atoms with Crippen LogP contribution in [-0.2, 0) is 19.6 Å². The number of nitrogens with zero attached hydrogens (tertiary/aromatic N) is 2. The second-order valence-corrected chi connectivity index (χ2v) is 5.16. The molecule has 19 heavy (non-hydrogen) atoms. The Balaban J connectivity index is 1.78. The molecule has 7 heteroatoms. The lowest BCUT2D eigenvalue weighted by Gasteiger charge is -2.08. The van der Waals surface area contributed by atoms with Crippen LogP contribution in [0.15, 0.2) is 33.5 Å². The lowest BCUT2D eigenvalue weighted by molar-refractivity contribution is 0.502. The predicted molar refractivity (Wildman–Crippen MR) is 80.6 cm³/mol. The molecule has 102 valence electrons. The summed E-state index contributed by atoms with van der Waals surface area (Å²) >= 11 is 8.67. The fourth-order valence-corrected chi connectivity index (χ4v) is 2.13. The van der Waals surface area contributed by atoms with E-state index in [1.807, 2.05) is 29.9 Å². The molecule has 0 unspecified atom stereocenters. The summed E-state index contributed by atoms with van der Waals surface area (Å²) in [6, 6.07) is 3.75. The molecule has 0 saturated heterocycles. The first-order valence-corrected chi connectivity index (χ1v) is 7.15. The lowest BCUT2D eigenvalue weighted by atomic mass is 10.4. The van der Waals surface area contributed by atoms with Crippen molar-refractivity contribution in [2.75, 3.05) is 0 Å². The van der Waals surface area contributed by atoms with Crippen LogP contribution in [0.4, 0.5) is 0 Å². The Labute approximate surface area is 125 Å². The SMILES string of the molecule is CCn1cc(Br)c(CNC(=S)NCc2ccco2)n1. The van der Waals surface area contributed by atoms with Gasteiger partial charge in [-0.1, -0.05) is 0 Å². The summed E-state index contributed by atoms with van der Waals surface area (Å²) in [5.41, 5.74) is 0.934. The van der Waals surface area contributed by atoms with Crippen molar-refractivity contribution in [2.24, 2.45) is 0 Å². The highest BCUT2D eigenvalue weighted by Gasteiger charge is 2.06. The average molecular weight is 343 g/mol. The van der Waals surface area contributed by atoms with Crippen molar-refractivity contribution in [2.45, 2.75) is 26.6 Å². The van der Waals surface area contributed by atoms with E-state index in [9.17, 15) is 0 Å². The smallest absolute Gasteiger partial charge is 0.166 e. The molecule has 0 aliphatic heterocycles. The van der Waals surface area contributed by atoms with E-state index >= 15 is 0 Å². The van der Waals surface area contributed by atoms with Crippen molar-refractivity contribution in [1.29, 1.82) is 0 Å². The molecule has 0 aliphatic carbocycles. The summed E-state index contributed by atoms with van der Waals surface area (Å²) in [6.07, 6.45) is 3.60. The second-order valence-electron chi connectivity index (χ2n) is 3.90. The van der Waals surface area contributed by atoms with E-state index in [0.29, 0.717) is 18.2 Å². The zero-order valence-electron chi connectivity index (χ0n) is 10.5. The van der Waals surface area contributed by atoms with Crippen LogP contribution in [-0.4, -0.2) is 14.9 Å². The summed E-state index contributed by atoms with van der Waals surface area (Å²) in [6.45, 7) is 4.05. The lowest BCUT2D eigenvalue weighted by Crippen LogP contribution is -2.34. The Morgan fingerprint density at radius 3 is 2.89 bits per heavy atom. The molecule has 0 amide bonds. The van der Waals surface area contributed by atoms with Gasteiger partial charge in [0.1, 0.15) is 5.76 Å². The molecule has 2 rings (SSSR count). The molecule has 0 fully saturated rings. The summed E-state index contributed by atoms with van der Waals surface area (Å²) in [5.74, 6) is 0.848. The maximum absolute atomic E-state index is 5.21. The standard InChI is InChI=1S/C12H15BrN4OS/c1-2-17-8-10(13)11(16-17)7-15-12(19)14-6-9-4-3-5-18-9/h3-5,8H,2,6-7H2,1H3,(H2,14,15,19). The zero-order chi connectivity index (χ0) is 13.7. The first kappa shape index (κ1) is 14.1. The number of hydrogen-bond donors (Lipinski definition) is 2. The average Bonchev–Trinajstić information content (AvgIpc) is 3.03. The first-order valence-electron chi connectivity index (χ1n) is 5.95. The number of aryl methyl sites for hydroxylation is 1. The van der Waals surface area contributed by atoms with E-state index in [4.69, 9.17) is 16.6 Å². The summed E-state index contributed by atoms with van der Waals surface area (Å²) < 4.78 is 8.07. The minimum absolute atomic E-state index is 0.573. The van der Waals surface area contributed by atoms with Gasteiger partial charge < -0.3 is 15.1 Å². The molecule has 0 aromatic carbocycles. The number of hydrogen-bond acceptors (Lipinski definition) is 3. The van der Waals surface area contributed by atoms with Crippen LogP contribution >= 0.6 is 28.1 Å². The van der Waals surface area contributed by atoms with Crippen LogP contribution in [0.3, 0.4) is 0 Å². The van der Waals surface area contributed by atoms with Crippen molar-refractivity contribution < 1.29 is 4.42 Å². The largest absolute Gasteiger partial charge is 0.467 e. The third-order valence-electron chi connectivity index (χ3n) is 2.53. The molecule has 0 atom stereocenters. The molecule has 0 aliphatic rings. The maximum Gasteiger partial charge on any atom is 0.166 e. The van der Waals surface area contributed by atoms with Crippen LogP contribution in [0.2, 0.25) is 0 Å². The number of thiocarbonyl (C=S) groups is 1. The van der Waals surface area contributed by atoms with Crippen molar-refractivity contribution in [3.63, 3.8) is 0 Å². The van der Waals surface area contributed by atoms with Gasteiger partial charge in [0.2, 0.25) is 0 Å². The van der Waals surface area contributed by atoms with Crippen molar-refractivity contribution in [1.82, 2.24) is 20.4 Å². The zero-order valence-corrected chi connectivity index (χ0v) is 12.9. The van der Waals surface area contributed by atoms with Crippen LogP contribution in [0.25, 0.3) is 0 Å². The van der Waals surface area contributed by atoms with E-state index in [0.717, 1.165) is 22.5 Å². The minimum atomic E-state index is 0.573. The van der Waals surface area contributed by atoms with Gasteiger partial charge in [0.05, 0.1) is 29.5 Å². The Hall–Kier alpha value is -1.34. The molecule has 2 N–H and O–H groups in total. The summed E-state index contributed by atoms with van der Waals surface area (Å²) in [4.78, 5) is 0. The van der Waals surface area contributed by atoms with Gasteiger partial charge in [0.25, 0.3) is 0 Å². The Morgan fingerprint density at radius 1 is 1.47 bits per heavy atom. The van der Waals surface area contributed by atoms with E-state index in [1.54, 1.807) is 6.26 Å². The number of aromatic nitrogens is 2. The minimum Gasteiger partial charge on any atom is -0.467 e. The highest BCUT2D eigenvalue weighted by Crippen LogP contribution is 2.14. The monoisotopic (exact) mass is 342 g/mol. The second kappa shape index (κ2) is 6.72. The topological polar surface area (TPSA) is 55.0 Å². The summed E-state index contributed by atoms with van der Waals surface area (Å²) in [7, 11) is 0. The molecule has 2 aromatic rings. The van der Waals surface area contributed by atoms with Crippen LogP contribution in [0.5, 0.6) is 0 Å². The van der Waals surface area contributed by atoms with Crippen molar-refractivity contribution in [3.05, 3.63) is 40.5 Å². The molecule has 0 spiro atoms. The maximum atomic E-state index is 5.21. The van der Waals surface area contributed by atoms with Crippen LogP contribution in [0, 0.1) is 0 Å². The fourth-order valence-electron chi connectivity index (χ4n) is 1.53. The van der Waals surface area contributed by atoms with E-state index in [-0.39, 0.29) is 0 Å². The first-order chi connectivity index (χ1) is 9.19. The molecule has 0 saturated carbocycles. The number of halogens is 1. The highest BCUT2D eigenvalue weighted by molar-refractivity contribution is 9.10. The van der Waals surface area contributed by atoms with Crippen molar-refractivity contribution in [3.8, 4) is 0 Å². The van der Waals surface area contributed by atoms with Crippen molar-refractivity contribution >= 4 is 33.3 Å². The third kappa shape index (κ3) is 4.07. The Morgan fingerprint density at radius 2 is 2.26 bits per heavy atom. The predicted octanol–water partition coefficient (Wildman–Crippen LogP) is 2.42. The molecule has 0 radical (unpaired) electrons. The van der Waals surface area contributed by atoms with E-state index in [1.165, 1.54) is 0 Å². The number of nitrogens with one attached hydrogen (secondary N) is 2. The third-order valence-corrected chi connectivity index (χ3v) is 3.48. The quantitative estimate of drug-likeness (QED) is 0.817. The van der Waals surface area contributed by atoms with E-state index < -0.39 is 0 Å². The van der Waals surface area contributed by atoms with Gasteiger partial charge in [-0.2, -0.15) is 5.10 Å². The fraction of sp³-hybridized carbons (Fsp3) is 0.333. The molecule has 2 heterocycles. The van der Waals surface area contributed by atoms with Gasteiger partial charge in [-0.15, -0.1) is 0 Å². The highest BCUT2D eigenvalue weighted by atomic mass is 79.9. The van der Waals surface area contributed by atoms with Crippen LogP contribution in [0.1, 0.15) is 18.4 Å². The normalized spacial score (nSPS) is 10.4. The van der Waals surface area contributed by atoms with Gasteiger partial charge in [-0.3, -0.25) is 4.68 Å². The number of furan rings is 1. The molecular formula is C12H15BrN4OS. The van der Waals surface area contributed by atoms with Gasteiger partial charge in [0.15, 0.2) is 5.11 Å². The number of rotatable bonds is 5. The van der Waals surface area contributed by atoms with Gasteiger partial charge in [-0.05, 0) is 47.2 Å². The van der Waals surface area contributed by atoms with Gasteiger partial charge in [-0.25, -0.2) is 0 Å². The Kier molecular flexibility index (Phi) is 4.98. The van der Waals surface area contributed by atoms with E-state index in [2.05, 4.69) is 31.7 Å². The molecule has 5 nitrogen and oxygen atoms in total. The summed E-state index contributed by atoms with van der Waals surface area (Å²) in [5, 5.41) is 11.2.